The molecule has 0 radical (unpaired) electrons. The first-order valence-corrected chi connectivity index (χ1v) is 7.45. The molecular formula is C17H13F3N2O3. The largest absolute Gasteiger partial charge is 0.478 e. The third-order valence-electron chi connectivity index (χ3n) is 4.15. The maximum absolute atomic E-state index is 13.0. The summed E-state index contributed by atoms with van der Waals surface area (Å²) < 4.78 is 39.1. The van der Waals surface area contributed by atoms with Crippen molar-refractivity contribution in [2.45, 2.75) is 25.1 Å². The molecule has 0 unspecified atom stereocenters. The third kappa shape index (κ3) is 3.33. The van der Waals surface area contributed by atoms with Crippen LogP contribution in [0.3, 0.4) is 0 Å². The van der Waals surface area contributed by atoms with E-state index in [1.807, 2.05) is 0 Å². The first-order chi connectivity index (χ1) is 11.8. The van der Waals surface area contributed by atoms with Gasteiger partial charge in [-0.25, -0.2) is 4.79 Å². The molecule has 1 atom stereocenters. The van der Waals surface area contributed by atoms with Crippen LogP contribution in [0.2, 0.25) is 0 Å². The molecule has 2 N–H and O–H groups in total. The number of halogens is 3. The highest BCUT2D eigenvalue weighted by atomic mass is 19.4. The molecule has 8 heteroatoms. The molecule has 25 heavy (non-hydrogen) atoms. The molecule has 0 spiro atoms. The summed E-state index contributed by atoms with van der Waals surface area (Å²) in [5.74, 6) is -2.00. The number of carboxylic acid groups (broad SMARTS) is 1. The van der Waals surface area contributed by atoms with Crippen LogP contribution >= 0.6 is 0 Å². The summed E-state index contributed by atoms with van der Waals surface area (Å²) in [7, 11) is 0. The van der Waals surface area contributed by atoms with Crippen LogP contribution < -0.4 is 5.32 Å². The van der Waals surface area contributed by atoms with E-state index in [4.69, 9.17) is 5.11 Å². The van der Waals surface area contributed by atoms with E-state index in [2.05, 4.69) is 10.3 Å². The number of carbonyl (C=O) groups is 2. The van der Waals surface area contributed by atoms with Crippen molar-refractivity contribution >= 4 is 11.9 Å². The molecule has 0 fully saturated rings. The summed E-state index contributed by atoms with van der Waals surface area (Å²) >= 11 is 0. The number of hydrogen-bond acceptors (Lipinski definition) is 3. The number of nitrogens with one attached hydrogen (secondary N) is 1. The van der Waals surface area contributed by atoms with E-state index in [0.29, 0.717) is 18.4 Å². The minimum Gasteiger partial charge on any atom is -0.478 e. The van der Waals surface area contributed by atoms with E-state index in [-0.39, 0.29) is 5.56 Å². The van der Waals surface area contributed by atoms with Gasteiger partial charge in [-0.15, -0.1) is 0 Å². The second kappa shape index (κ2) is 6.19. The lowest BCUT2D eigenvalue weighted by molar-refractivity contribution is -0.138. The predicted molar refractivity (Wildman–Crippen MR) is 81.2 cm³/mol. The number of rotatable bonds is 3. The van der Waals surface area contributed by atoms with E-state index >= 15 is 0 Å². The number of benzene rings is 1. The lowest BCUT2D eigenvalue weighted by Crippen LogP contribution is -2.29. The Balaban J connectivity index is 1.88. The van der Waals surface area contributed by atoms with Gasteiger partial charge >= 0.3 is 12.1 Å². The number of aromatic carboxylic acids is 1. The monoisotopic (exact) mass is 350 g/mol. The average molecular weight is 350 g/mol. The topological polar surface area (TPSA) is 79.3 Å². The number of carboxylic acids is 1. The Morgan fingerprint density at radius 1 is 1.24 bits per heavy atom. The van der Waals surface area contributed by atoms with Crippen LogP contribution in [0, 0.1) is 0 Å². The Kier molecular flexibility index (Phi) is 4.20. The highest BCUT2D eigenvalue weighted by Crippen LogP contribution is 2.34. The lowest BCUT2D eigenvalue weighted by atomic mass is 10.0. The maximum Gasteiger partial charge on any atom is 0.417 e. The van der Waals surface area contributed by atoms with Crippen molar-refractivity contribution in [3.63, 3.8) is 0 Å². The molecule has 3 rings (SSSR count). The molecule has 1 heterocycles. The van der Waals surface area contributed by atoms with Crippen LogP contribution in [-0.4, -0.2) is 22.0 Å². The van der Waals surface area contributed by atoms with Crippen molar-refractivity contribution in [2.24, 2.45) is 0 Å². The highest BCUT2D eigenvalue weighted by Gasteiger charge is 2.36. The number of hydrogen-bond donors (Lipinski definition) is 2. The Labute approximate surface area is 140 Å². The van der Waals surface area contributed by atoms with Gasteiger partial charge in [0.25, 0.3) is 5.91 Å². The number of nitrogens with zero attached hydrogens (tertiary/aromatic N) is 1. The fourth-order valence-corrected chi connectivity index (χ4v) is 2.94. The second-order valence-corrected chi connectivity index (χ2v) is 5.70. The smallest absolute Gasteiger partial charge is 0.417 e. The Hall–Kier alpha value is -2.90. The molecule has 130 valence electrons. The molecule has 0 saturated heterocycles. The minimum absolute atomic E-state index is 0.0669. The first-order valence-electron chi connectivity index (χ1n) is 7.45. The average Bonchev–Trinajstić information content (AvgIpc) is 2.96. The molecule has 1 aliphatic rings. The van der Waals surface area contributed by atoms with Gasteiger partial charge in [0.15, 0.2) is 0 Å². The molecule has 1 aliphatic carbocycles. The molecular weight excluding hydrogens is 337 g/mol. The Morgan fingerprint density at radius 2 is 2.00 bits per heavy atom. The standard InChI is InChI=1S/C17H13F3N2O3/c18-17(19,20)13-5-6-21-8-12(13)15(23)22-14-4-3-9-1-2-10(16(24)25)7-11(9)14/h1-2,5-8,14H,3-4H2,(H,22,23)(H,24,25)/t14-/m1/s1. The normalized spacial score (nSPS) is 16.4. The van der Waals surface area contributed by atoms with Gasteiger partial charge in [0.05, 0.1) is 22.7 Å². The van der Waals surface area contributed by atoms with Gasteiger partial charge in [-0.05, 0) is 42.2 Å². The zero-order chi connectivity index (χ0) is 18.2. The van der Waals surface area contributed by atoms with Crippen LogP contribution in [0.4, 0.5) is 13.2 Å². The van der Waals surface area contributed by atoms with E-state index < -0.39 is 35.2 Å². The third-order valence-corrected chi connectivity index (χ3v) is 4.15. The summed E-state index contributed by atoms with van der Waals surface area (Å²) in [6.07, 6.45) is -1.71. The van der Waals surface area contributed by atoms with Crippen LogP contribution in [-0.2, 0) is 12.6 Å². The zero-order valence-electron chi connectivity index (χ0n) is 12.8. The van der Waals surface area contributed by atoms with Crippen LogP contribution in [0.15, 0.2) is 36.7 Å². The van der Waals surface area contributed by atoms with Crippen LogP contribution in [0.25, 0.3) is 0 Å². The number of amides is 1. The predicted octanol–water partition coefficient (Wildman–Crippen LogP) is 3.22. The summed E-state index contributed by atoms with van der Waals surface area (Å²) in [5, 5.41) is 11.6. The van der Waals surface area contributed by atoms with E-state index in [1.54, 1.807) is 6.07 Å². The van der Waals surface area contributed by atoms with Gasteiger partial charge in [-0.3, -0.25) is 9.78 Å². The molecule has 5 nitrogen and oxygen atoms in total. The van der Waals surface area contributed by atoms with Crippen molar-refractivity contribution < 1.29 is 27.9 Å². The molecule has 1 aromatic heterocycles. The lowest BCUT2D eigenvalue weighted by Gasteiger charge is -2.17. The van der Waals surface area contributed by atoms with Crippen molar-refractivity contribution in [3.8, 4) is 0 Å². The first kappa shape index (κ1) is 16.9. The maximum atomic E-state index is 13.0. The van der Waals surface area contributed by atoms with Crippen molar-refractivity contribution in [2.75, 3.05) is 0 Å². The SMILES string of the molecule is O=C(O)c1ccc2c(c1)[C@H](NC(=O)c1cnccc1C(F)(F)F)CC2. The number of alkyl halides is 3. The van der Waals surface area contributed by atoms with Gasteiger partial charge in [0, 0.05) is 12.4 Å². The molecule has 0 bridgehead atoms. The van der Waals surface area contributed by atoms with Gasteiger partial charge in [0.2, 0.25) is 0 Å². The van der Waals surface area contributed by atoms with Crippen molar-refractivity contribution in [1.82, 2.24) is 10.3 Å². The van der Waals surface area contributed by atoms with E-state index in [9.17, 15) is 22.8 Å². The number of aromatic nitrogens is 1. The quantitative estimate of drug-likeness (QED) is 0.891. The molecule has 1 aromatic carbocycles. The van der Waals surface area contributed by atoms with Gasteiger partial charge in [-0.1, -0.05) is 6.07 Å². The molecule has 0 aliphatic heterocycles. The molecule has 0 saturated carbocycles. The van der Waals surface area contributed by atoms with Crippen molar-refractivity contribution in [1.29, 1.82) is 0 Å². The fraction of sp³-hybridized carbons (Fsp3) is 0.235. The minimum atomic E-state index is -4.67. The van der Waals surface area contributed by atoms with E-state index in [1.165, 1.54) is 12.1 Å². The Bertz CT molecular complexity index is 849. The van der Waals surface area contributed by atoms with E-state index in [0.717, 1.165) is 24.0 Å². The van der Waals surface area contributed by atoms with Gasteiger partial charge < -0.3 is 10.4 Å². The number of carbonyl (C=O) groups excluding carboxylic acids is 1. The molecule has 1 amide bonds. The summed E-state index contributed by atoms with van der Waals surface area (Å²) in [4.78, 5) is 27.0. The van der Waals surface area contributed by atoms with Crippen molar-refractivity contribution in [3.05, 3.63) is 64.5 Å². The summed E-state index contributed by atoms with van der Waals surface area (Å²) in [6.45, 7) is 0. The highest BCUT2D eigenvalue weighted by molar-refractivity contribution is 5.96. The second-order valence-electron chi connectivity index (χ2n) is 5.70. The fourth-order valence-electron chi connectivity index (χ4n) is 2.94. The van der Waals surface area contributed by atoms with Gasteiger partial charge in [-0.2, -0.15) is 13.2 Å². The molecule has 2 aromatic rings. The summed E-state index contributed by atoms with van der Waals surface area (Å²) in [6, 6.07) is 4.79. The number of aryl methyl sites for hydroxylation is 1. The number of pyridine rings is 1. The van der Waals surface area contributed by atoms with Crippen LogP contribution in [0.1, 0.15) is 49.9 Å². The van der Waals surface area contributed by atoms with Gasteiger partial charge in [0.1, 0.15) is 0 Å². The Morgan fingerprint density at radius 3 is 2.68 bits per heavy atom. The summed E-state index contributed by atoms with van der Waals surface area (Å²) in [5.41, 5.74) is -0.0594. The number of fused-ring (bicyclic) bond motifs is 1. The zero-order valence-corrected chi connectivity index (χ0v) is 12.8. The van der Waals surface area contributed by atoms with Crippen LogP contribution in [0.5, 0.6) is 0 Å².